The van der Waals surface area contributed by atoms with Crippen molar-refractivity contribution in [1.82, 2.24) is 0 Å². The van der Waals surface area contributed by atoms with Gasteiger partial charge in [0, 0.05) is 23.2 Å². The molecule has 0 aromatic carbocycles. The second-order valence-corrected chi connectivity index (χ2v) is 11.5. The zero-order valence-corrected chi connectivity index (χ0v) is 25.0. The van der Waals surface area contributed by atoms with Gasteiger partial charge in [-0.15, -0.1) is 0 Å². The second-order valence-electron chi connectivity index (χ2n) is 11.5. The van der Waals surface area contributed by atoms with Crippen LogP contribution in [-0.2, 0) is 0 Å². The van der Waals surface area contributed by atoms with Crippen molar-refractivity contribution in [1.29, 1.82) is 0 Å². The molecule has 0 spiro atoms. The molecule has 0 radical (unpaired) electrons. The van der Waals surface area contributed by atoms with Crippen LogP contribution in [0.1, 0.15) is 107 Å². The average molecular weight is 507 g/mol. The molecule has 5 aliphatic rings. The van der Waals surface area contributed by atoms with Gasteiger partial charge in [-0.2, -0.15) is 0 Å². The Kier molecular flexibility index (Phi) is 7.63. The van der Waals surface area contributed by atoms with Crippen LogP contribution < -0.4 is 0 Å². The van der Waals surface area contributed by atoms with E-state index in [1.807, 2.05) is 0 Å². The number of aliphatic imine (C=N–C) groups is 2. The fourth-order valence-electron chi connectivity index (χ4n) is 7.57. The molecular formula is C36H46N2. The maximum atomic E-state index is 5.42. The van der Waals surface area contributed by atoms with Crippen LogP contribution in [-0.4, -0.2) is 11.4 Å². The largest absolute Gasteiger partial charge is 0.257 e. The predicted octanol–water partition coefficient (Wildman–Crippen LogP) is 10.3. The highest BCUT2D eigenvalue weighted by atomic mass is 14.8. The number of fused-ring (bicyclic) bond motifs is 6. The molecule has 2 heteroatoms. The van der Waals surface area contributed by atoms with Crippen molar-refractivity contribution in [2.75, 3.05) is 0 Å². The standard InChI is InChI=1S/C36H46N2/c1-9-27-23-15-25(29(27)11-3)19-35-31(13-5)32(14-6)36(38-35)20-26-16-24(28(10-2)30(26)12-4)18-34-22(8)21(7)33(17-23)37-34/h17-20,31-32H,9-16H2,1-8H3. The quantitative estimate of drug-likeness (QED) is 0.342. The summed E-state index contributed by atoms with van der Waals surface area (Å²) in [6.45, 7) is 18.4. The summed E-state index contributed by atoms with van der Waals surface area (Å²) in [6.07, 6.45) is 18.3. The van der Waals surface area contributed by atoms with Crippen LogP contribution in [0.15, 0.2) is 101 Å². The molecule has 2 atom stereocenters. The average Bonchev–Trinajstić information content (AvgIpc) is 3.61. The summed E-state index contributed by atoms with van der Waals surface area (Å²) in [6, 6.07) is 0. The number of rotatable bonds is 6. The van der Waals surface area contributed by atoms with Crippen molar-refractivity contribution >= 4 is 11.4 Å². The van der Waals surface area contributed by atoms with Gasteiger partial charge in [0.05, 0.1) is 11.4 Å². The molecule has 0 N–H and O–H groups in total. The van der Waals surface area contributed by atoms with Gasteiger partial charge in [-0.25, -0.2) is 4.99 Å². The molecule has 2 nitrogen and oxygen atoms in total. The number of allylic oxidation sites excluding steroid dienone is 15. The fraction of sp³-hybridized carbons (Fsp3) is 0.500. The topological polar surface area (TPSA) is 24.7 Å². The van der Waals surface area contributed by atoms with Crippen molar-refractivity contribution in [2.45, 2.75) is 107 Å². The van der Waals surface area contributed by atoms with E-state index in [4.69, 9.17) is 9.98 Å². The van der Waals surface area contributed by atoms with Gasteiger partial charge in [0.25, 0.3) is 0 Å². The minimum absolute atomic E-state index is 0.506. The molecule has 0 aromatic heterocycles. The van der Waals surface area contributed by atoms with Crippen LogP contribution >= 0.6 is 0 Å². The lowest BCUT2D eigenvalue weighted by Gasteiger charge is -2.18. The Morgan fingerprint density at radius 3 is 1.76 bits per heavy atom. The molecule has 38 heavy (non-hydrogen) atoms. The second kappa shape index (κ2) is 10.8. The van der Waals surface area contributed by atoms with E-state index in [1.165, 1.54) is 67.1 Å². The first-order valence-corrected chi connectivity index (χ1v) is 15.3. The first-order valence-electron chi connectivity index (χ1n) is 15.3. The lowest BCUT2D eigenvalue weighted by Crippen LogP contribution is -2.16. The van der Waals surface area contributed by atoms with Gasteiger partial charge in [0.2, 0.25) is 0 Å². The van der Waals surface area contributed by atoms with Gasteiger partial charge in [-0.05, 0) is 145 Å². The van der Waals surface area contributed by atoms with E-state index in [0.717, 1.165) is 62.8 Å². The minimum atomic E-state index is 0.506. The number of hydrogen-bond acceptors (Lipinski definition) is 2. The van der Waals surface area contributed by atoms with Gasteiger partial charge < -0.3 is 0 Å². The highest BCUT2D eigenvalue weighted by molar-refractivity contribution is 6.12. The highest BCUT2D eigenvalue weighted by Crippen LogP contribution is 2.45. The molecule has 2 aliphatic carbocycles. The van der Waals surface area contributed by atoms with E-state index in [0.29, 0.717) is 11.8 Å². The minimum Gasteiger partial charge on any atom is -0.257 e. The molecule has 5 rings (SSSR count). The van der Waals surface area contributed by atoms with Gasteiger partial charge in [0.1, 0.15) is 0 Å². The molecule has 0 saturated carbocycles. The summed E-state index contributed by atoms with van der Waals surface area (Å²) in [5, 5.41) is 0. The Balaban J connectivity index is 1.78. The molecule has 2 unspecified atom stereocenters. The van der Waals surface area contributed by atoms with Crippen LogP contribution in [0.4, 0.5) is 0 Å². The third kappa shape index (κ3) is 4.34. The summed E-state index contributed by atoms with van der Waals surface area (Å²) < 4.78 is 0. The van der Waals surface area contributed by atoms with Crippen LogP contribution in [0.2, 0.25) is 0 Å². The zero-order chi connectivity index (χ0) is 27.1. The Bertz CT molecular complexity index is 1370. The molecule has 0 aromatic rings. The van der Waals surface area contributed by atoms with E-state index < -0.39 is 0 Å². The Morgan fingerprint density at radius 2 is 1.18 bits per heavy atom. The van der Waals surface area contributed by atoms with Crippen molar-refractivity contribution in [2.24, 2.45) is 21.8 Å². The predicted molar refractivity (Wildman–Crippen MR) is 165 cm³/mol. The molecule has 0 saturated heterocycles. The zero-order valence-electron chi connectivity index (χ0n) is 25.0. The number of nitrogens with zero attached hydrogens (tertiary/aromatic N) is 2. The van der Waals surface area contributed by atoms with Crippen LogP contribution in [0, 0.1) is 11.8 Å². The van der Waals surface area contributed by atoms with E-state index in [1.54, 1.807) is 0 Å². The van der Waals surface area contributed by atoms with Crippen molar-refractivity contribution in [3.8, 4) is 0 Å². The van der Waals surface area contributed by atoms with E-state index in [9.17, 15) is 0 Å². The Labute approximate surface area is 231 Å². The molecule has 0 amide bonds. The molecule has 8 bridgehead atoms. The third-order valence-electron chi connectivity index (χ3n) is 9.68. The smallest absolute Gasteiger partial charge is 0.0672 e. The van der Waals surface area contributed by atoms with Crippen LogP contribution in [0.5, 0.6) is 0 Å². The monoisotopic (exact) mass is 506 g/mol. The lowest BCUT2D eigenvalue weighted by molar-refractivity contribution is 0.473. The van der Waals surface area contributed by atoms with E-state index >= 15 is 0 Å². The maximum absolute atomic E-state index is 5.42. The first-order chi connectivity index (χ1) is 18.4. The van der Waals surface area contributed by atoms with Crippen molar-refractivity contribution in [3.63, 3.8) is 0 Å². The summed E-state index contributed by atoms with van der Waals surface area (Å²) >= 11 is 0. The summed E-state index contributed by atoms with van der Waals surface area (Å²) in [5.74, 6) is 1.01. The first kappa shape index (κ1) is 26.9. The Hall–Kier alpha value is -2.74. The molecule has 0 fully saturated rings. The fourth-order valence-corrected chi connectivity index (χ4v) is 7.57. The van der Waals surface area contributed by atoms with Gasteiger partial charge in [0.15, 0.2) is 0 Å². The molecule has 3 heterocycles. The normalized spacial score (nSPS) is 25.3. The summed E-state index contributed by atoms with van der Waals surface area (Å²) in [5.41, 5.74) is 19.5. The third-order valence-corrected chi connectivity index (χ3v) is 9.68. The molecule has 200 valence electrons. The maximum Gasteiger partial charge on any atom is 0.0672 e. The highest BCUT2D eigenvalue weighted by Gasteiger charge is 2.34. The van der Waals surface area contributed by atoms with Crippen molar-refractivity contribution < 1.29 is 0 Å². The van der Waals surface area contributed by atoms with Crippen molar-refractivity contribution in [3.05, 3.63) is 91.4 Å². The molecular weight excluding hydrogens is 460 g/mol. The van der Waals surface area contributed by atoms with Crippen LogP contribution in [0.25, 0.3) is 0 Å². The molecule has 3 aliphatic heterocycles. The number of hydrogen-bond donors (Lipinski definition) is 0. The van der Waals surface area contributed by atoms with Gasteiger partial charge in [-0.3, -0.25) is 4.99 Å². The lowest BCUT2D eigenvalue weighted by atomic mass is 9.83. The Morgan fingerprint density at radius 1 is 0.605 bits per heavy atom. The van der Waals surface area contributed by atoms with Gasteiger partial charge >= 0.3 is 0 Å². The van der Waals surface area contributed by atoms with E-state index in [2.05, 4.69) is 79.7 Å². The van der Waals surface area contributed by atoms with Crippen LogP contribution in [0.3, 0.4) is 0 Å². The van der Waals surface area contributed by atoms with E-state index in [-0.39, 0.29) is 0 Å². The van der Waals surface area contributed by atoms with Gasteiger partial charge in [-0.1, -0.05) is 41.5 Å². The summed E-state index contributed by atoms with van der Waals surface area (Å²) in [4.78, 5) is 10.7. The SMILES string of the molecule is CCC1=C2C=C3N=C(C=C4CC(=CC5=NC(=CC(=C1CC)C2)C(CC)C5CC)C(CC)=C4CC)C(C)=C3C. The summed E-state index contributed by atoms with van der Waals surface area (Å²) in [7, 11) is 0.